The second kappa shape index (κ2) is 6.41. The van der Waals surface area contributed by atoms with Crippen molar-refractivity contribution in [1.82, 2.24) is 4.98 Å². The summed E-state index contributed by atoms with van der Waals surface area (Å²) in [6.07, 6.45) is -0.812. The monoisotopic (exact) mass is 328 g/mol. The van der Waals surface area contributed by atoms with Crippen LogP contribution in [0.4, 0.5) is 15.0 Å². The molecule has 3 aromatic rings. The maximum absolute atomic E-state index is 13.3. The fourth-order valence-corrected chi connectivity index (χ4v) is 2.35. The van der Waals surface area contributed by atoms with Crippen LogP contribution in [0.1, 0.15) is 15.9 Å². The van der Waals surface area contributed by atoms with Gasteiger partial charge in [-0.15, -0.1) is 0 Å². The molecule has 0 unspecified atom stereocenters. The van der Waals surface area contributed by atoms with Gasteiger partial charge in [0.15, 0.2) is 0 Å². The number of fused-ring (bicyclic) bond motifs is 1. The van der Waals surface area contributed by atoms with Gasteiger partial charge in [0.05, 0.1) is 5.52 Å². The van der Waals surface area contributed by atoms with E-state index in [9.17, 15) is 19.1 Å². The van der Waals surface area contributed by atoms with E-state index in [-0.39, 0.29) is 23.5 Å². The normalized spacial score (nSPS) is 10.5. The van der Waals surface area contributed by atoms with Crippen LogP contribution in [0.15, 0.2) is 48.5 Å². The second-order valence-electron chi connectivity index (χ2n) is 5.06. The maximum atomic E-state index is 13.3. The van der Waals surface area contributed by atoms with E-state index in [0.29, 0.717) is 5.39 Å². The van der Waals surface area contributed by atoms with Gasteiger partial charge in [-0.25, -0.2) is 14.0 Å². The molecule has 1 aromatic heterocycles. The first kappa shape index (κ1) is 15.5. The van der Waals surface area contributed by atoms with Gasteiger partial charge in [-0.2, -0.15) is 0 Å². The van der Waals surface area contributed by atoms with E-state index >= 15 is 0 Å². The van der Waals surface area contributed by atoms with E-state index in [1.54, 1.807) is 12.1 Å². The molecule has 1 heterocycles. The van der Waals surface area contributed by atoms with E-state index in [4.69, 9.17) is 4.74 Å². The van der Waals surface area contributed by atoms with E-state index < -0.39 is 17.9 Å². The van der Waals surface area contributed by atoms with Crippen LogP contribution in [0.5, 0.6) is 0 Å². The van der Waals surface area contributed by atoms with Gasteiger partial charge < -0.3 is 14.8 Å². The third-order valence-electron chi connectivity index (χ3n) is 3.41. The zero-order valence-corrected chi connectivity index (χ0v) is 12.4. The average molecular weight is 328 g/mol. The van der Waals surface area contributed by atoms with E-state index in [2.05, 4.69) is 10.3 Å². The number of hydrogen-bond donors (Lipinski definition) is 3. The smallest absolute Gasteiger partial charge is 0.413 e. The van der Waals surface area contributed by atoms with Crippen LogP contribution in [0.3, 0.4) is 0 Å². The molecular weight excluding hydrogens is 315 g/mol. The van der Waals surface area contributed by atoms with Gasteiger partial charge in [0.1, 0.15) is 23.8 Å². The Morgan fingerprint density at radius 1 is 1.17 bits per heavy atom. The molecule has 0 aliphatic heterocycles. The third kappa shape index (κ3) is 3.19. The fraction of sp³-hybridized carbons (Fsp3) is 0.0588. The number of halogens is 1. The molecule has 0 fully saturated rings. The molecular formula is C17H13FN2O4. The largest absolute Gasteiger partial charge is 0.478 e. The summed E-state index contributed by atoms with van der Waals surface area (Å²) >= 11 is 0. The van der Waals surface area contributed by atoms with E-state index in [1.165, 1.54) is 6.07 Å². The number of rotatable bonds is 4. The Kier molecular flexibility index (Phi) is 4.15. The number of ether oxygens (including phenoxy) is 1. The number of H-pyrrole nitrogens is 1. The predicted octanol–water partition coefficient (Wildman–Crippen LogP) is 3.75. The summed E-state index contributed by atoms with van der Waals surface area (Å²) in [6.45, 7) is 0.0456. The standard InChI is InChI=1S/C17H13FN2O4/c18-11-6-7-12-13(8-11)19-15(14(12)16(21)22)20-17(23)24-9-10-4-2-1-3-5-10/h1-8,19H,9H2,(H,20,23)(H,21,22). The number of carboxylic acids is 1. The van der Waals surface area contributed by atoms with Crippen LogP contribution in [0, 0.1) is 5.82 Å². The van der Waals surface area contributed by atoms with Gasteiger partial charge in [0.25, 0.3) is 0 Å². The first-order valence-electron chi connectivity index (χ1n) is 7.07. The highest BCUT2D eigenvalue weighted by molar-refractivity contribution is 6.10. The Morgan fingerprint density at radius 2 is 1.92 bits per heavy atom. The van der Waals surface area contributed by atoms with E-state index in [1.807, 2.05) is 18.2 Å². The molecule has 0 atom stereocenters. The van der Waals surface area contributed by atoms with Crippen LogP contribution < -0.4 is 5.32 Å². The number of carboxylic acid groups (broad SMARTS) is 1. The van der Waals surface area contributed by atoms with Crippen molar-refractivity contribution in [1.29, 1.82) is 0 Å². The van der Waals surface area contributed by atoms with Crippen molar-refractivity contribution in [3.63, 3.8) is 0 Å². The molecule has 6 nitrogen and oxygen atoms in total. The number of carbonyl (C=O) groups is 2. The number of amides is 1. The minimum absolute atomic E-state index is 0.0456. The Morgan fingerprint density at radius 3 is 2.62 bits per heavy atom. The third-order valence-corrected chi connectivity index (χ3v) is 3.41. The molecule has 1 amide bonds. The maximum Gasteiger partial charge on any atom is 0.413 e. The average Bonchev–Trinajstić information content (AvgIpc) is 2.90. The van der Waals surface area contributed by atoms with Crippen molar-refractivity contribution in [2.75, 3.05) is 5.32 Å². The van der Waals surface area contributed by atoms with Crippen molar-refractivity contribution in [2.24, 2.45) is 0 Å². The van der Waals surface area contributed by atoms with Gasteiger partial charge in [-0.05, 0) is 23.8 Å². The molecule has 0 saturated heterocycles. The predicted molar refractivity (Wildman–Crippen MR) is 85.5 cm³/mol. The van der Waals surface area contributed by atoms with Crippen LogP contribution in [0.25, 0.3) is 10.9 Å². The summed E-state index contributed by atoms with van der Waals surface area (Å²) < 4.78 is 18.3. The fourth-order valence-electron chi connectivity index (χ4n) is 2.35. The molecule has 3 N–H and O–H groups in total. The molecule has 0 aliphatic rings. The lowest BCUT2D eigenvalue weighted by atomic mass is 10.1. The van der Waals surface area contributed by atoms with Crippen molar-refractivity contribution in [2.45, 2.75) is 6.61 Å². The van der Waals surface area contributed by atoms with Crippen molar-refractivity contribution in [3.8, 4) is 0 Å². The molecule has 24 heavy (non-hydrogen) atoms. The lowest BCUT2D eigenvalue weighted by Gasteiger charge is -2.06. The number of benzene rings is 2. The Hall–Kier alpha value is -3.35. The van der Waals surface area contributed by atoms with Crippen molar-refractivity contribution < 1.29 is 23.8 Å². The molecule has 3 rings (SSSR count). The number of carbonyl (C=O) groups excluding carboxylic acids is 1. The van der Waals surface area contributed by atoms with Gasteiger partial charge in [-0.3, -0.25) is 5.32 Å². The summed E-state index contributed by atoms with van der Waals surface area (Å²) in [6, 6.07) is 12.7. The van der Waals surface area contributed by atoms with Crippen LogP contribution >= 0.6 is 0 Å². The number of aromatic carboxylic acids is 1. The highest BCUT2D eigenvalue weighted by atomic mass is 19.1. The lowest BCUT2D eigenvalue weighted by molar-refractivity contribution is 0.0700. The summed E-state index contributed by atoms with van der Waals surface area (Å²) in [7, 11) is 0. The SMILES string of the molecule is O=C(Nc1[nH]c2cc(F)ccc2c1C(=O)O)OCc1ccccc1. The summed E-state index contributed by atoms with van der Waals surface area (Å²) in [5.41, 5.74) is 0.914. The first-order chi connectivity index (χ1) is 11.5. The van der Waals surface area contributed by atoms with Crippen molar-refractivity contribution >= 4 is 28.8 Å². The number of aromatic nitrogens is 1. The molecule has 0 bridgehead atoms. The minimum atomic E-state index is -1.24. The van der Waals surface area contributed by atoms with Gasteiger partial charge in [0, 0.05) is 5.39 Å². The Bertz CT molecular complexity index is 906. The zero-order valence-electron chi connectivity index (χ0n) is 12.4. The van der Waals surface area contributed by atoms with Crippen molar-refractivity contribution in [3.05, 3.63) is 65.5 Å². The molecule has 122 valence electrons. The van der Waals surface area contributed by atoms with Gasteiger partial charge >= 0.3 is 12.1 Å². The second-order valence-corrected chi connectivity index (χ2v) is 5.06. The molecule has 0 spiro atoms. The number of anilines is 1. The Labute approximate surface area is 135 Å². The summed E-state index contributed by atoms with van der Waals surface area (Å²) in [4.78, 5) is 26.0. The topological polar surface area (TPSA) is 91.4 Å². The van der Waals surface area contributed by atoms with Gasteiger partial charge in [-0.1, -0.05) is 30.3 Å². The molecule has 0 saturated carbocycles. The summed E-state index contributed by atoms with van der Waals surface area (Å²) in [5.74, 6) is -1.81. The van der Waals surface area contributed by atoms with Gasteiger partial charge in [0.2, 0.25) is 0 Å². The highest BCUT2D eigenvalue weighted by Gasteiger charge is 2.20. The van der Waals surface area contributed by atoms with Crippen LogP contribution in [-0.4, -0.2) is 22.2 Å². The number of nitrogens with one attached hydrogen (secondary N) is 2. The lowest BCUT2D eigenvalue weighted by Crippen LogP contribution is -2.15. The molecule has 7 heteroatoms. The zero-order chi connectivity index (χ0) is 17.1. The minimum Gasteiger partial charge on any atom is -0.478 e. The molecule has 2 aromatic carbocycles. The van der Waals surface area contributed by atoms with E-state index in [0.717, 1.165) is 17.7 Å². The molecule has 0 radical (unpaired) electrons. The Balaban J connectivity index is 1.80. The number of hydrogen-bond acceptors (Lipinski definition) is 3. The number of aromatic amines is 1. The molecule has 0 aliphatic carbocycles. The highest BCUT2D eigenvalue weighted by Crippen LogP contribution is 2.27. The summed E-state index contributed by atoms with van der Waals surface area (Å²) in [5, 5.41) is 12.0. The van der Waals surface area contributed by atoms with Crippen LogP contribution in [-0.2, 0) is 11.3 Å². The van der Waals surface area contributed by atoms with Crippen LogP contribution in [0.2, 0.25) is 0 Å². The first-order valence-corrected chi connectivity index (χ1v) is 7.07. The quantitative estimate of drug-likeness (QED) is 0.680.